The average Bonchev–Trinajstić information content (AvgIpc) is 2.60. The smallest absolute Gasteiger partial charge is 0.129 e. The molecule has 0 amide bonds. The number of benzene rings is 2. The molecule has 0 saturated carbocycles. The van der Waals surface area contributed by atoms with Crippen molar-refractivity contribution < 1.29 is 19.7 Å². The Balaban J connectivity index is 2.76. The van der Waals surface area contributed by atoms with Crippen LogP contribution in [0.4, 0.5) is 0 Å². The van der Waals surface area contributed by atoms with E-state index in [2.05, 4.69) is 13.8 Å². The second-order valence-corrected chi connectivity index (χ2v) is 6.62. The lowest BCUT2D eigenvalue weighted by molar-refractivity contribution is 0.375. The van der Waals surface area contributed by atoms with Crippen molar-refractivity contribution in [3.8, 4) is 23.0 Å². The van der Waals surface area contributed by atoms with E-state index < -0.39 is 5.41 Å². The van der Waals surface area contributed by atoms with Crippen molar-refractivity contribution in [2.24, 2.45) is 0 Å². The van der Waals surface area contributed by atoms with Crippen molar-refractivity contribution in [1.29, 1.82) is 0 Å². The molecule has 0 bridgehead atoms. The molecule has 0 aromatic heterocycles. The van der Waals surface area contributed by atoms with Crippen LogP contribution in [0.2, 0.25) is 0 Å². The summed E-state index contributed by atoms with van der Waals surface area (Å²) >= 11 is 0. The van der Waals surface area contributed by atoms with E-state index in [4.69, 9.17) is 9.47 Å². The molecule has 0 unspecified atom stereocenters. The van der Waals surface area contributed by atoms with Crippen LogP contribution in [-0.2, 0) is 18.3 Å². The fraction of sp³-hybridized carbons (Fsp3) is 0.429. The van der Waals surface area contributed by atoms with Gasteiger partial charge in [-0.15, -0.1) is 0 Å². The molecular weight excluding hydrogens is 316 g/mol. The molecule has 2 aromatic rings. The molecule has 136 valence electrons. The van der Waals surface area contributed by atoms with Gasteiger partial charge in [-0.3, -0.25) is 0 Å². The van der Waals surface area contributed by atoms with Crippen LogP contribution < -0.4 is 9.47 Å². The summed E-state index contributed by atoms with van der Waals surface area (Å²) in [5, 5.41) is 20.3. The first kappa shape index (κ1) is 19.0. The predicted molar refractivity (Wildman–Crippen MR) is 100 cm³/mol. The Morgan fingerprint density at radius 2 is 1.12 bits per heavy atom. The zero-order chi connectivity index (χ0) is 18.8. The van der Waals surface area contributed by atoms with Crippen molar-refractivity contribution in [3.05, 3.63) is 46.5 Å². The van der Waals surface area contributed by atoms with E-state index in [0.29, 0.717) is 24.3 Å². The molecular formula is C21H28O4. The zero-order valence-electron chi connectivity index (χ0n) is 15.9. The molecule has 0 saturated heterocycles. The number of phenolic OH excluding ortho intramolecular Hbond substituents is 2. The zero-order valence-corrected chi connectivity index (χ0v) is 15.9. The standard InChI is InChI=1S/C21H28O4/c1-7-13-17(22)11-9-15(19(13)24-5)21(3,4)16-10-12-18(23)14(8-2)20(16)25-6/h9-12,22-23H,7-8H2,1-6H3. The number of methoxy groups -OCH3 is 2. The highest BCUT2D eigenvalue weighted by Gasteiger charge is 2.32. The molecule has 4 heteroatoms. The number of ether oxygens (including phenoxy) is 2. The third kappa shape index (κ3) is 3.13. The van der Waals surface area contributed by atoms with Gasteiger partial charge in [0.15, 0.2) is 0 Å². The third-order valence-electron chi connectivity index (χ3n) is 4.93. The minimum absolute atomic E-state index is 0.241. The van der Waals surface area contributed by atoms with E-state index in [-0.39, 0.29) is 11.5 Å². The maximum Gasteiger partial charge on any atom is 0.129 e. The maximum absolute atomic E-state index is 10.2. The Labute approximate surface area is 150 Å². The van der Waals surface area contributed by atoms with Crippen molar-refractivity contribution in [2.75, 3.05) is 14.2 Å². The van der Waals surface area contributed by atoms with Gasteiger partial charge in [0.05, 0.1) is 14.2 Å². The molecule has 4 nitrogen and oxygen atoms in total. The molecule has 2 N–H and O–H groups in total. The van der Waals surface area contributed by atoms with Gasteiger partial charge in [0.1, 0.15) is 23.0 Å². The quantitative estimate of drug-likeness (QED) is 0.806. The van der Waals surface area contributed by atoms with Gasteiger partial charge in [-0.25, -0.2) is 0 Å². The molecule has 25 heavy (non-hydrogen) atoms. The summed E-state index contributed by atoms with van der Waals surface area (Å²) in [6.07, 6.45) is 1.34. The van der Waals surface area contributed by atoms with Crippen LogP contribution in [0.15, 0.2) is 24.3 Å². The van der Waals surface area contributed by atoms with Crippen LogP contribution >= 0.6 is 0 Å². The normalized spacial score (nSPS) is 11.4. The lowest BCUT2D eigenvalue weighted by Crippen LogP contribution is -2.22. The van der Waals surface area contributed by atoms with Gasteiger partial charge in [-0.05, 0) is 25.0 Å². The van der Waals surface area contributed by atoms with Gasteiger partial charge in [0, 0.05) is 27.7 Å². The maximum atomic E-state index is 10.2. The van der Waals surface area contributed by atoms with Crippen molar-refractivity contribution >= 4 is 0 Å². The predicted octanol–water partition coefficient (Wildman–Crippen LogP) is 4.57. The summed E-state index contributed by atoms with van der Waals surface area (Å²) in [5.41, 5.74) is 3.08. The SMILES string of the molecule is CCc1c(O)ccc(C(C)(C)c2ccc(O)c(CC)c2OC)c1OC. The van der Waals surface area contributed by atoms with Crippen LogP contribution in [0.5, 0.6) is 23.0 Å². The van der Waals surface area contributed by atoms with E-state index in [9.17, 15) is 10.2 Å². The van der Waals surface area contributed by atoms with E-state index in [0.717, 1.165) is 22.3 Å². The first-order valence-corrected chi connectivity index (χ1v) is 8.61. The Hall–Kier alpha value is -2.36. The molecule has 0 aliphatic carbocycles. The Morgan fingerprint density at radius 3 is 1.40 bits per heavy atom. The first-order chi connectivity index (χ1) is 11.8. The van der Waals surface area contributed by atoms with Gasteiger partial charge in [0.2, 0.25) is 0 Å². The van der Waals surface area contributed by atoms with Crippen molar-refractivity contribution in [2.45, 2.75) is 46.0 Å². The topological polar surface area (TPSA) is 58.9 Å². The fourth-order valence-corrected chi connectivity index (χ4v) is 3.51. The number of hydrogen-bond acceptors (Lipinski definition) is 4. The molecule has 2 aromatic carbocycles. The van der Waals surface area contributed by atoms with Gasteiger partial charge < -0.3 is 19.7 Å². The number of rotatable bonds is 6. The molecule has 0 radical (unpaired) electrons. The van der Waals surface area contributed by atoms with E-state index >= 15 is 0 Å². The average molecular weight is 344 g/mol. The highest BCUT2D eigenvalue weighted by atomic mass is 16.5. The molecule has 0 fully saturated rings. The second kappa shape index (κ2) is 7.26. The van der Waals surface area contributed by atoms with Crippen LogP contribution in [0, 0.1) is 0 Å². The summed E-state index contributed by atoms with van der Waals surface area (Å²) in [7, 11) is 3.25. The lowest BCUT2D eigenvalue weighted by atomic mass is 9.75. The molecule has 0 atom stereocenters. The van der Waals surface area contributed by atoms with Crippen molar-refractivity contribution in [3.63, 3.8) is 0 Å². The monoisotopic (exact) mass is 344 g/mol. The minimum atomic E-state index is -0.439. The minimum Gasteiger partial charge on any atom is -0.508 e. The number of hydrogen-bond donors (Lipinski definition) is 2. The summed E-state index contributed by atoms with van der Waals surface area (Å²) in [6, 6.07) is 7.22. The number of aromatic hydroxyl groups is 2. The van der Waals surface area contributed by atoms with Gasteiger partial charge in [0.25, 0.3) is 0 Å². The second-order valence-electron chi connectivity index (χ2n) is 6.62. The molecule has 0 heterocycles. The van der Waals surface area contributed by atoms with Gasteiger partial charge in [-0.2, -0.15) is 0 Å². The molecule has 2 rings (SSSR count). The van der Waals surface area contributed by atoms with E-state index in [1.807, 2.05) is 26.0 Å². The summed E-state index contributed by atoms with van der Waals surface area (Å²) < 4.78 is 11.3. The van der Waals surface area contributed by atoms with Crippen LogP contribution in [0.1, 0.15) is 49.9 Å². The largest absolute Gasteiger partial charge is 0.508 e. The highest BCUT2D eigenvalue weighted by molar-refractivity contribution is 5.60. The van der Waals surface area contributed by atoms with Crippen LogP contribution in [0.3, 0.4) is 0 Å². The van der Waals surface area contributed by atoms with Crippen LogP contribution in [0.25, 0.3) is 0 Å². The summed E-state index contributed by atoms with van der Waals surface area (Å²) in [5.74, 6) is 1.87. The first-order valence-electron chi connectivity index (χ1n) is 8.61. The van der Waals surface area contributed by atoms with Crippen molar-refractivity contribution in [1.82, 2.24) is 0 Å². The number of phenols is 2. The summed E-state index contributed by atoms with van der Waals surface area (Å²) in [6.45, 7) is 8.17. The molecule has 0 aliphatic heterocycles. The van der Waals surface area contributed by atoms with Gasteiger partial charge >= 0.3 is 0 Å². The Bertz CT molecular complexity index is 699. The Kier molecular flexibility index (Phi) is 5.51. The summed E-state index contributed by atoms with van der Waals surface area (Å²) in [4.78, 5) is 0. The fourth-order valence-electron chi connectivity index (χ4n) is 3.51. The van der Waals surface area contributed by atoms with E-state index in [1.54, 1.807) is 26.4 Å². The van der Waals surface area contributed by atoms with Gasteiger partial charge in [-0.1, -0.05) is 39.8 Å². The molecule has 0 aliphatic rings. The van der Waals surface area contributed by atoms with E-state index in [1.165, 1.54) is 0 Å². The lowest BCUT2D eigenvalue weighted by Gasteiger charge is -2.31. The molecule has 0 spiro atoms. The van der Waals surface area contributed by atoms with Crippen LogP contribution in [-0.4, -0.2) is 24.4 Å². The Morgan fingerprint density at radius 1 is 0.760 bits per heavy atom. The highest BCUT2D eigenvalue weighted by Crippen LogP contribution is 2.46. The third-order valence-corrected chi connectivity index (χ3v) is 4.93.